The molecule has 3 aliphatic rings. The topological polar surface area (TPSA) is 38.3 Å². The van der Waals surface area contributed by atoms with Crippen LogP contribution in [-0.2, 0) is 4.79 Å². The van der Waals surface area contributed by atoms with Crippen molar-refractivity contribution in [2.24, 2.45) is 11.8 Å². The van der Waals surface area contributed by atoms with Crippen molar-refractivity contribution in [2.75, 3.05) is 12.4 Å². The van der Waals surface area contributed by atoms with Crippen molar-refractivity contribution in [1.29, 1.82) is 0 Å². The molecule has 0 spiro atoms. The predicted molar refractivity (Wildman–Crippen MR) is 111 cm³/mol. The van der Waals surface area contributed by atoms with E-state index in [0.29, 0.717) is 5.75 Å². The Labute approximate surface area is 165 Å². The van der Waals surface area contributed by atoms with E-state index >= 15 is 0 Å². The molecule has 0 aliphatic heterocycles. The predicted octanol–water partition coefficient (Wildman–Crippen LogP) is 5.18. The van der Waals surface area contributed by atoms with Gasteiger partial charge in [0.05, 0.1) is 18.7 Å². The van der Waals surface area contributed by atoms with Crippen molar-refractivity contribution in [3.05, 3.63) is 95.1 Å². The monoisotopic (exact) mass is 369 g/mol. The Morgan fingerprint density at radius 2 is 1.29 bits per heavy atom. The molecule has 0 saturated carbocycles. The third-order valence-corrected chi connectivity index (χ3v) is 6.45. The number of para-hydroxylation sites is 2. The van der Waals surface area contributed by atoms with E-state index < -0.39 is 0 Å². The zero-order valence-electron chi connectivity index (χ0n) is 16.1. The SMILES string of the molecule is COc1ccccc1NC(=O)C1C2c3ccccc3C(c3ccccc32)C1C. The summed E-state index contributed by atoms with van der Waals surface area (Å²) >= 11 is 0. The van der Waals surface area contributed by atoms with E-state index in [1.165, 1.54) is 22.3 Å². The number of hydrogen-bond acceptors (Lipinski definition) is 2. The van der Waals surface area contributed by atoms with Crippen LogP contribution >= 0.6 is 0 Å². The Hall–Kier alpha value is -3.07. The lowest BCUT2D eigenvalue weighted by molar-refractivity contribution is -0.122. The van der Waals surface area contributed by atoms with Crippen molar-refractivity contribution in [3.63, 3.8) is 0 Å². The molecule has 3 nitrogen and oxygen atoms in total. The number of nitrogens with one attached hydrogen (secondary N) is 1. The first-order valence-corrected chi connectivity index (χ1v) is 9.82. The van der Waals surface area contributed by atoms with E-state index in [1.54, 1.807) is 7.11 Å². The van der Waals surface area contributed by atoms with Crippen LogP contribution in [0, 0.1) is 11.8 Å². The first kappa shape index (κ1) is 17.1. The highest BCUT2D eigenvalue weighted by molar-refractivity contribution is 5.96. The van der Waals surface area contributed by atoms with Gasteiger partial charge < -0.3 is 10.1 Å². The number of anilines is 1. The minimum Gasteiger partial charge on any atom is -0.495 e. The van der Waals surface area contributed by atoms with Crippen LogP contribution in [0.4, 0.5) is 5.69 Å². The fourth-order valence-corrected chi connectivity index (χ4v) is 5.31. The zero-order chi connectivity index (χ0) is 19.3. The molecular weight excluding hydrogens is 346 g/mol. The zero-order valence-corrected chi connectivity index (χ0v) is 16.1. The van der Waals surface area contributed by atoms with Crippen molar-refractivity contribution in [1.82, 2.24) is 0 Å². The average molecular weight is 369 g/mol. The van der Waals surface area contributed by atoms with E-state index in [1.807, 2.05) is 24.3 Å². The molecule has 0 fully saturated rings. The van der Waals surface area contributed by atoms with Crippen LogP contribution in [-0.4, -0.2) is 13.0 Å². The molecule has 2 atom stereocenters. The first-order valence-electron chi connectivity index (χ1n) is 9.82. The molecule has 2 unspecified atom stereocenters. The number of hydrogen-bond donors (Lipinski definition) is 1. The molecule has 6 rings (SSSR count). The number of methoxy groups -OCH3 is 1. The van der Waals surface area contributed by atoms with Gasteiger partial charge in [0, 0.05) is 11.8 Å². The molecule has 28 heavy (non-hydrogen) atoms. The number of benzene rings is 3. The van der Waals surface area contributed by atoms with Crippen LogP contribution in [0.1, 0.15) is 41.0 Å². The molecule has 1 N–H and O–H groups in total. The standard InChI is InChI=1S/C25H23NO2/c1-15-22-16-9-3-5-11-18(16)24(19-12-6-4-10-17(19)22)23(15)25(27)26-20-13-7-8-14-21(20)28-2/h3-15,22-24H,1-2H3,(H,26,27). The lowest BCUT2D eigenvalue weighted by Crippen LogP contribution is -2.44. The highest BCUT2D eigenvalue weighted by Gasteiger charge is 2.50. The summed E-state index contributed by atoms with van der Waals surface area (Å²) in [5, 5.41) is 3.14. The second-order valence-electron chi connectivity index (χ2n) is 7.79. The van der Waals surface area contributed by atoms with Crippen LogP contribution in [0.25, 0.3) is 0 Å². The fourth-order valence-electron chi connectivity index (χ4n) is 5.31. The van der Waals surface area contributed by atoms with Crippen LogP contribution in [0.15, 0.2) is 72.8 Å². The van der Waals surface area contributed by atoms with E-state index in [-0.39, 0.29) is 29.6 Å². The van der Waals surface area contributed by atoms with Gasteiger partial charge in [0.2, 0.25) is 5.91 Å². The van der Waals surface area contributed by atoms with E-state index in [9.17, 15) is 4.79 Å². The van der Waals surface area contributed by atoms with Crippen molar-refractivity contribution >= 4 is 11.6 Å². The summed E-state index contributed by atoms with van der Waals surface area (Å²) in [6, 6.07) is 24.8. The van der Waals surface area contributed by atoms with Gasteiger partial charge in [-0.15, -0.1) is 0 Å². The van der Waals surface area contributed by atoms with Gasteiger partial charge in [-0.2, -0.15) is 0 Å². The highest BCUT2D eigenvalue weighted by Crippen LogP contribution is 2.58. The third kappa shape index (κ3) is 2.39. The maximum absolute atomic E-state index is 13.5. The highest BCUT2D eigenvalue weighted by atomic mass is 16.5. The number of ether oxygens (including phenoxy) is 1. The second-order valence-corrected chi connectivity index (χ2v) is 7.79. The Morgan fingerprint density at radius 3 is 1.86 bits per heavy atom. The molecule has 3 heteroatoms. The van der Waals surface area contributed by atoms with E-state index in [0.717, 1.165) is 5.69 Å². The number of rotatable bonds is 3. The molecule has 1 amide bonds. The smallest absolute Gasteiger partial charge is 0.228 e. The minimum atomic E-state index is -0.111. The fraction of sp³-hybridized carbons (Fsp3) is 0.240. The number of carbonyl (C=O) groups is 1. The molecule has 2 bridgehead atoms. The van der Waals surface area contributed by atoms with Gasteiger partial charge in [0.25, 0.3) is 0 Å². The van der Waals surface area contributed by atoms with Gasteiger partial charge in [-0.1, -0.05) is 67.6 Å². The molecule has 0 radical (unpaired) electrons. The van der Waals surface area contributed by atoms with Crippen LogP contribution < -0.4 is 10.1 Å². The maximum Gasteiger partial charge on any atom is 0.228 e. The van der Waals surface area contributed by atoms with Gasteiger partial charge in [0.15, 0.2) is 0 Å². The maximum atomic E-state index is 13.5. The van der Waals surface area contributed by atoms with Crippen molar-refractivity contribution in [3.8, 4) is 5.75 Å². The largest absolute Gasteiger partial charge is 0.495 e. The summed E-state index contributed by atoms with van der Waals surface area (Å²) in [5.41, 5.74) is 6.07. The molecular formula is C25H23NO2. The summed E-state index contributed by atoms with van der Waals surface area (Å²) in [5.74, 6) is 1.21. The third-order valence-electron chi connectivity index (χ3n) is 6.45. The van der Waals surface area contributed by atoms with Crippen molar-refractivity contribution < 1.29 is 9.53 Å². The summed E-state index contributed by atoms with van der Waals surface area (Å²) < 4.78 is 5.42. The Kier molecular flexibility index (Phi) is 3.97. The lowest BCUT2D eigenvalue weighted by Gasteiger charge is -2.49. The summed E-state index contributed by atoms with van der Waals surface area (Å²) in [4.78, 5) is 13.5. The molecule has 0 aromatic heterocycles. The minimum absolute atomic E-state index is 0.0657. The van der Waals surface area contributed by atoms with E-state index in [4.69, 9.17) is 4.74 Å². The number of carbonyl (C=O) groups excluding carboxylic acids is 1. The Balaban J connectivity index is 1.59. The van der Waals surface area contributed by atoms with Gasteiger partial charge >= 0.3 is 0 Å². The quantitative estimate of drug-likeness (QED) is 0.691. The van der Waals surface area contributed by atoms with Crippen LogP contribution in [0.5, 0.6) is 5.75 Å². The molecule has 0 heterocycles. The lowest BCUT2D eigenvalue weighted by atomic mass is 9.54. The summed E-state index contributed by atoms with van der Waals surface area (Å²) in [6.07, 6.45) is 0. The number of amides is 1. The molecule has 3 aromatic rings. The summed E-state index contributed by atoms with van der Waals surface area (Å²) in [6.45, 7) is 2.22. The summed E-state index contributed by atoms with van der Waals surface area (Å²) in [7, 11) is 1.63. The second kappa shape index (κ2) is 6.52. The average Bonchev–Trinajstić information content (AvgIpc) is 2.74. The number of fused-ring (bicyclic) bond motifs is 1. The van der Waals surface area contributed by atoms with Gasteiger partial charge in [0.1, 0.15) is 5.75 Å². The van der Waals surface area contributed by atoms with Crippen LogP contribution in [0.3, 0.4) is 0 Å². The normalized spacial score (nSPS) is 24.2. The molecule has 140 valence electrons. The van der Waals surface area contributed by atoms with Gasteiger partial charge in [-0.25, -0.2) is 0 Å². The first-order chi connectivity index (χ1) is 13.7. The van der Waals surface area contributed by atoms with Crippen LogP contribution in [0.2, 0.25) is 0 Å². The van der Waals surface area contributed by atoms with Gasteiger partial charge in [-0.3, -0.25) is 4.79 Å². The molecule has 3 aromatic carbocycles. The molecule has 0 saturated heterocycles. The Morgan fingerprint density at radius 1 is 0.786 bits per heavy atom. The van der Waals surface area contributed by atoms with Gasteiger partial charge in [-0.05, 0) is 40.3 Å². The Bertz CT molecular complexity index is 1010. The van der Waals surface area contributed by atoms with E-state index in [2.05, 4.69) is 60.8 Å². The van der Waals surface area contributed by atoms with Crippen molar-refractivity contribution in [2.45, 2.75) is 18.8 Å². The molecule has 3 aliphatic carbocycles.